The maximum absolute atomic E-state index is 6.02. The van der Waals surface area contributed by atoms with E-state index in [2.05, 4.69) is 50.1 Å². The number of hydrogen-bond acceptors (Lipinski definition) is 2. The summed E-state index contributed by atoms with van der Waals surface area (Å²) >= 11 is 0. The van der Waals surface area contributed by atoms with Crippen molar-refractivity contribution < 1.29 is 0 Å². The molecule has 17 heavy (non-hydrogen) atoms. The number of nitrogens with zero attached hydrogens (tertiary/aromatic N) is 1. The molecule has 1 aliphatic carbocycles. The van der Waals surface area contributed by atoms with Crippen LogP contribution in [-0.2, 0) is 0 Å². The van der Waals surface area contributed by atoms with Crippen LogP contribution in [-0.4, -0.2) is 13.1 Å². The number of nitrogens with two attached hydrogens (primary N) is 1. The zero-order valence-corrected chi connectivity index (χ0v) is 11.2. The number of rotatable bonds is 5. The van der Waals surface area contributed by atoms with E-state index in [0.29, 0.717) is 6.04 Å². The maximum Gasteiger partial charge on any atom is 0.0366 e. The number of benzene rings is 1. The van der Waals surface area contributed by atoms with Crippen LogP contribution in [0.3, 0.4) is 0 Å². The van der Waals surface area contributed by atoms with Gasteiger partial charge in [0.05, 0.1) is 0 Å². The molecule has 2 nitrogen and oxygen atoms in total. The Morgan fingerprint density at radius 3 is 2.35 bits per heavy atom. The minimum Gasteiger partial charge on any atom is -0.372 e. The predicted molar refractivity (Wildman–Crippen MR) is 74.3 cm³/mol. The fourth-order valence-electron chi connectivity index (χ4n) is 2.32. The van der Waals surface area contributed by atoms with Gasteiger partial charge in [-0.15, -0.1) is 0 Å². The van der Waals surface area contributed by atoms with E-state index in [4.69, 9.17) is 5.73 Å². The van der Waals surface area contributed by atoms with Gasteiger partial charge in [-0.3, -0.25) is 0 Å². The first-order valence-corrected chi connectivity index (χ1v) is 6.71. The molecule has 2 heteroatoms. The van der Waals surface area contributed by atoms with Crippen LogP contribution >= 0.6 is 0 Å². The molecule has 2 N–H and O–H groups in total. The molecule has 0 spiro atoms. The summed E-state index contributed by atoms with van der Waals surface area (Å²) in [5.41, 5.74) is 8.57. The number of anilines is 1. The lowest BCUT2D eigenvalue weighted by atomic mass is 10.0. The molecule has 0 amide bonds. The van der Waals surface area contributed by atoms with Crippen LogP contribution in [0.2, 0.25) is 0 Å². The van der Waals surface area contributed by atoms with Crippen molar-refractivity contribution in [3.05, 3.63) is 29.8 Å². The van der Waals surface area contributed by atoms with Gasteiger partial charge in [0, 0.05) is 24.8 Å². The molecule has 0 saturated heterocycles. The van der Waals surface area contributed by atoms with Crippen molar-refractivity contribution in [1.82, 2.24) is 0 Å². The molecule has 1 aliphatic rings. The van der Waals surface area contributed by atoms with E-state index in [0.717, 1.165) is 12.3 Å². The summed E-state index contributed by atoms with van der Waals surface area (Å²) in [6.45, 7) is 4.45. The highest BCUT2D eigenvalue weighted by atomic mass is 15.1. The van der Waals surface area contributed by atoms with Crippen molar-refractivity contribution in [2.24, 2.45) is 11.7 Å². The van der Waals surface area contributed by atoms with Gasteiger partial charge in [-0.2, -0.15) is 0 Å². The first kappa shape index (κ1) is 12.4. The quantitative estimate of drug-likeness (QED) is 0.843. The lowest BCUT2D eigenvalue weighted by Crippen LogP contribution is -2.30. The minimum atomic E-state index is 0.176. The Kier molecular flexibility index (Phi) is 3.72. The Hall–Kier alpha value is -1.02. The standard InChI is InChI=1S/C15H24N2/c1-4-15(16)13-7-9-14(10-8-13)17(3)11(2)12-5-6-12/h7-12,15H,4-6,16H2,1-3H3/t11?,15-/m0/s1. The highest BCUT2D eigenvalue weighted by molar-refractivity contribution is 5.48. The third-order valence-corrected chi connectivity index (χ3v) is 4.08. The first-order chi connectivity index (χ1) is 8.13. The molecule has 1 aromatic carbocycles. The summed E-state index contributed by atoms with van der Waals surface area (Å²) in [7, 11) is 2.19. The van der Waals surface area contributed by atoms with Crippen LogP contribution < -0.4 is 10.6 Å². The van der Waals surface area contributed by atoms with E-state index in [1.54, 1.807) is 0 Å². The van der Waals surface area contributed by atoms with Gasteiger partial charge in [0.25, 0.3) is 0 Å². The lowest BCUT2D eigenvalue weighted by molar-refractivity contribution is 0.609. The largest absolute Gasteiger partial charge is 0.372 e. The molecule has 1 aromatic rings. The Labute approximate surface area is 105 Å². The average Bonchev–Trinajstić information content (AvgIpc) is 3.20. The molecule has 0 aromatic heterocycles. The Morgan fingerprint density at radius 2 is 1.88 bits per heavy atom. The van der Waals surface area contributed by atoms with Gasteiger partial charge in [0.15, 0.2) is 0 Å². The molecular formula is C15H24N2. The second-order valence-electron chi connectivity index (χ2n) is 5.30. The highest BCUT2D eigenvalue weighted by Crippen LogP contribution is 2.36. The zero-order chi connectivity index (χ0) is 12.4. The molecule has 2 rings (SSSR count). The lowest BCUT2D eigenvalue weighted by Gasteiger charge is -2.27. The molecule has 0 radical (unpaired) electrons. The van der Waals surface area contributed by atoms with Gasteiger partial charge in [-0.1, -0.05) is 19.1 Å². The molecule has 1 fully saturated rings. The van der Waals surface area contributed by atoms with Gasteiger partial charge >= 0.3 is 0 Å². The van der Waals surface area contributed by atoms with Gasteiger partial charge < -0.3 is 10.6 Å². The van der Waals surface area contributed by atoms with Crippen molar-refractivity contribution in [1.29, 1.82) is 0 Å². The molecule has 0 bridgehead atoms. The second kappa shape index (κ2) is 5.09. The Bertz CT molecular complexity index is 354. The molecule has 1 saturated carbocycles. The van der Waals surface area contributed by atoms with E-state index in [-0.39, 0.29) is 6.04 Å². The molecule has 0 heterocycles. The van der Waals surface area contributed by atoms with E-state index in [9.17, 15) is 0 Å². The van der Waals surface area contributed by atoms with Crippen molar-refractivity contribution in [2.45, 2.75) is 45.2 Å². The van der Waals surface area contributed by atoms with Gasteiger partial charge in [0.2, 0.25) is 0 Å². The van der Waals surface area contributed by atoms with Crippen molar-refractivity contribution >= 4 is 5.69 Å². The molecule has 2 atom stereocenters. The monoisotopic (exact) mass is 232 g/mol. The average molecular weight is 232 g/mol. The third-order valence-electron chi connectivity index (χ3n) is 4.08. The maximum atomic E-state index is 6.02. The van der Waals surface area contributed by atoms with Gasteiger partial charge in [-0.05, 0) is 49.8 Å². The third kappa shape index (κ3) is 2.81. The summed E-state index contributed by atoms with van der Waals surface area (Å²) < 4.78 is 0. The van der Waals surface area contributed by atoms with Crippen LogP contribution in [0.5, 0.6) is 0 Å². The summed E-state index contributed by atoms with van der Waals surface area (Å²) in [5.74, 6) is 0.901. The van der Waals surface area contributed by atoms with E-state index in [1.165, 1.54) is 24.1 Å². The minimum absolute atomic E-state index is 0.176. The van der Waals surface area contributed by atoms with E-state index >= 15 is 0 Å². The van der Waals surface area contributed by atoms with Crippen molar-refractivity contribution in [3.8, 4) is 0 Å². The Morgan fingerprint density at radius 1 is 1.29 bits per heavy atom. The normalized spacial score (nSPS) is 18.8. The van der Waals surface area contributed by atoms with Crippen LogP contribution in [0.1, 0.15) is 44.7 Å². The van der Waals surface area contributed by atoms with Crippen LogP contribution in [0.4, 0.5) is 5.69 Å². The molecular weight excluding hydrogens is 208 g/mol. The second-order valence-corrected chi connectivity index (χ2v) is 5.30. The molecule has 94 valence electrons. The van der Waals surface area contributed by atoms with Crippen LogP contribution in [0.15, 0.2) is 24.3 Å². The fraction of sp³-hybridized carbons (Fsp3) is 0.600. The van der Waals surface area contributed by atoms with Crippen molar-refractivity contribution in [2.75, 3.05) is 11.9 Å². The molecule has 0 aliphatic heterocycles. The topological polar surface area (TPSA) is 29.3 Å². The SMILES string of the molecule is CC[C@H](N)c1ccc(N(C)C(C)C2CC2)cc1. The van der Waals surface area contributed by atoms with E-state index < -0.39 is 0 Å². The van der Waals surface area contributed by atoms with Crippen LogP contribution in [0, 0.1) is 5.92 Å². The number of hydrogen-bond donors (Lipinski definition) is 1. The highest BCUT2D eigenvalue weighted by Gasteiger charge is 2.30. The van der Waals surface area contributed by atoms with Crippen LogP contribution in [0.25, 0.3) is 0 Å². The van der Waals surface area contributed by atoms with Crippen molar-refractivity contribution in [3.63, 3.8) is 0 Å². The summed E-state index contributed by atoms with van der Waals surface area (Å²) in [5, 5.41) is 0. The summed E-state index contributed by atoms with van der Waals surface area (Å²) in [6, 6.07) is 9.56. The van der Waals surface area contributed by atoms with Gasteiger partial charge in [0.1, 0.15) is 0 Å². The fourth-order valence-corrected chi connectivity index (χ4v) is 2.32. The predicted octanol–water partition coefficient (Wildman–Crippen LogP) is 3.33. The first-order valence-electron chi connectivity index (χ1n) is 6.71. The molecule has 1 unspecified atom stereocenters. The summed E-state index contributed by atoms with van der Waals surface area (Å²) in [4.78, 5) is 2.39. The Balaban J connectivity index is 2.06. The zero-order valence-electron chi connectivity index (χ0n) is 11.2. The summed E-state index contributed by atoms with van der Waals surface area (Å²) in [6.07, 6.45) is 3.78. The smallest absolute Gasteiger partial charge is 0.0366 e. The van der Waals surface area contributed by atoms with Gasteiger partial charge in [-0.25, -0.2) is 0 Å². The van der Waals surface area contributed by atoms with E-state index in [1.807, 2.05) is 0 Å².